The van der Waals surface area contributed by atoms with Crippen LogP contribution in [0.5, 0.6) is 0 Å². The molecule has 1 aromatic heterocycles. The molecule has 0 radical (unpaired) electrons. The molecule has 2 aromatic rings. The summed E-state index contributed by atoms with van der Waals surface area (Å²) in [6, 6.07) is 12.2. The summed E-state index contributed by atoms with van der Waals surface area (Å²) in [5.74, 6) is 0.832. The Bertz CT molecular complexity index is 842. The maximum atomic E-state index is 4.75. The van der Waals surface area contributed by atoms with Crippen molar-refractivity contribution >= 4 is 5.69 Å². The molecule has 3 aliphatic rings. The number of benzene rings is 1. The van der Waals surface area contributed by atoms with Gasteiger partial charge < -0.3 is 10.2 Å². The number of anilines is 1. The molecule has 1 saturated heterocycles. The number of hydrogen-bond donors (Lipinski definition) is 1. The fraction of sp³-hybridized carbons (Fsp3) is 0.542. The van der Waals surface area contributed by atoms with Crippen LogP contribution in [0.25, 0.3) is 0 Å². The van der Waals surface area contributed by atoms with Gasteiger partial charge in [0.1, 0.15) is 0 Å². The van der Waals surface area contributed by atoms with Crippen molar-refractivity contribution in [2.75, 3.05) is 31.6 Å². The van der Waals surface area contributed by atoms with E-state index in [4.69, 9.17) is 4.98 Å². The van der Waals surface area contributed by atoms with E-state index in [9.17, 15) is 0 Å². The van der Waals surface area contributed by atoms with E-state index in [1.165, 1.54) is 54.9 Å². The maximum Gasteiger partial charge on any atom is 0.0607 e. The van der Waals surface area contributed by atoms with Gasteiger partial charge in [0.25, 0.3) is 0 Å². The first-order valence-corrected chi connectivity index (χ1v) is 10.9. The Balaban J connectivity index is 1.31. The SMILES string of the molecule is CC1CN(c2cccc3c2C[C@H](CN(C)[C@H]2CCCc4cccnc42)NC3)C1. The van der Waals surface area contributed by atoms with Crippen molar-refractivity contribution < 1.29 is 0 Å². The van der Waals surface area contributed by atoms with Gasteiger partial charge in [-0.2, -0.15) is 0 Å². The molecule has 0 saturated carbocycles. The second-order valence-electron chi connectivity index (χ2n) is 9.10. The van der Waals surface area contributed by atoms with Crippen LogP contribution in [0.3, 0.4) is 0 Å². The van der Waals surface area contributed by atoms with Crippen LogP contribution in [0.4, 0.5) is 5.69 Å². The molecule has 148 valence electrons. The van der Waals surface area contributed by atoms with Crippen LogP contribution >= 0.6 is 0 Å². The number of likely N-dealkylation sites (N-methyl/N-ethyl adjacent to an activating group) is 1. The fourth-order valence-corrected chi connectivity index (χ4v) is 5.41. The fourth-order valence-electron chi connectivity index (χ4n) is 5.41. The third-order valence-corrected chi connectivity index (χ3v) is 6.89. The monoisotopic (exact) mass is 376 g/mol. The molecule has 1 aromatic carbocycles. The van der Waals surface area contributed by atoms with E-state index in [1.807, 2.05) is 6.20 Å². The van der Waals surface area contributed by atoms with Crippen molar-refractivity contribution in [3.05, 3.63) is 58.9 Å². The van der Waals surface area contributed by atoms with Crippen LogP contribution in [0.15, 0.2) is 36.5 Å². The van der Waals surface area contributed by atoms with Crippen LogP contribution < -0.4 is 10.2 Å². The Labute approximate surface area is 169 Å². The second kappa shape index (κ2) is 7.49. The first-order valence-electron chi connectivity index (χ1n) is 10.9. The van der Waals surface area contributed by atoms with E-state index >= 15 is 0 Å². The number of nitrogens with one attached hydrogen (secondary N) is 1. The lowest BCUT2D eigenvalue weighted by molar-refractivity contribution is 0.191. The summed E-state index contributed by atoms with van der Waals surface area (Å²) in [6.07, 6.45) is 6.76. The Morgan fingerprint density at radius 1 is 1.18 bits per heavy atom. The van der Waals surface area contributed by atoms with Gasteiger partial charge in [-0.25, -0.2) is 0 Å². The first-order chi connectivity index (χ1) is 13.7. The summed E-state index contributed by atoms with van der Waals surface area (Å²) in [7, 11) is 2.29. The van der Waals surface area contributed by atoms with Gasteiger partial charge in [-0.05, 0) is 67.5 Å². The Kier molecular flexibility index (Phi) is 4.85. The summed E-state index contributed by atoms with van der Waals surface area (Å²) in [5, 5.41) is 3.80. The minimum absolute atomic E-state index is 0.458. The van der Waals surface area contributed by atoms with Gasteiger partial charge in [-0.1, -0.05) is 25.1 Å². The molecule has 0 spiro atoms. The lowest BCUT2D eigenvalue weighted by Gasteiger charge is -2.42. The largest absolute Gasteiger partial charge is 0.371 e. The summed E-state index contributed by atoms with van der Waals surface area (Å²) < 4.78 is 0. The Morgan fingerprint density at radius 2 is 2.04 bits per heavy atom. The number of nitrogens with zero attached hydrogens (tertiary/aromatic N) is 3. The van der Waals surface area contributed by atoms with Crippen LogP contribution in [0.2, 0.25) is 0 Å². The molecule has 1 N–H and O–H groups in total. The molecule has 2 aliphatic heterocycles. The predicted octanol–water partition coefficient (Wildman–Crippen LogP) is 3.56. The molecule has 28 heavy (non-hydrogen) atoms. The predicted molar refractivity (Wildman–Crippen MR) is 115 cm³/mol. The van der Waals surface area contributed by atoms with Crippen LogP contribution in [-0.4, -0.2) is 42.6 Å². The molecule has 4 heteroatoms. The van der Waals surface area contributed by atoms with Crippen molar-refractivity contribution in [1.29, 1.82) is 0 Å². The average Bonchev–Trinajstić information content (AvgIpc) is 2.70. The topological polar surface area (TPSA) is 31.4 Å². The van der Waals surface area contributed by atoms with Gasteiger partial charge in [0.15, 0.2) is 0 Å². The maximum absolute atomic E-state index is 4.75. The first kappa shape index (κ1) is 18.1. The zero-order valence-corrected chi connectivity index (χ0v) is 17.2. The summed E-state index contributed by atoms with van der Waals surface area (Å²) in [5.41, 5.74) is 7.30. The normalized spacial score (nSPS) is 24.6. The molecule has 0 bridgehead atoms. The molecule has 3 heterocycles. The molecule has 0 amide bonds. The number of pyridine rings is 1. The van der Waals surface area contributed by atoms with Gasteiger partial charge in [0, 0.05) is 44.1 Å². The smallest absolute Gasteiger partial charge is 0.0607 e. The number of fused-ring (bicyclic) bond motifs is 2. The molecule has 1 fully saturated rings. The lowest BCUT2D eigenvalue weighted by Crippen LogP contribution is -2.48. The average molecular weight is 377 g/mol. The van der Waals surface area contributed by atoms with E-state index in [-0.39, 0.29) is 0 Å². The molecule has 2 atom stereocenters. The van der Waals surface area contributed by atoms with E-state index in [0.29, 0.717) is 12.1 Å². The molecule has 1 aliphatic carbocycles. The summed E-state index contributed by atoms with van der Waals surface area (Å²) >= 11 is 0. The molecule has 0 unspecified atom stereocenters. The summed E-state index contributed by atoms with van der Waals surface area (Å²) in [4.78, 5) is 9.86. The van der Waals surface area contributed by atoms with Crippen molar-refractivity contribution in [1.82, 2.24) is 15.2 Å². The Morgan fingerprint density at radius 3 is 2.89 bits per heavy atom. The third kappa shape index (κ3) is 3.33. The number of aryl methyl sites for hydroxylation is 1. The van der Waals surface area contributed by atoms with Gasteiger partial charge in [-0.3, -0.25) is 9.88 Å². The van der Waals surface area contributed by atoms with Crippen LogP contribution in [0.1, 0.15) is 48.2 Å². The van der Waals surface area contributed by atoms with Gasteiger partial charge in [0.05, 0.1) is 11.7 Å². The highest BCUT2D eigenvalue weighted by Gasteiger charge is 2.30. The van der Waals surface area contributed by atoms with Crippen molar-refractivity contribution in [2.24, 2.45) is 5.92 Å². The van der Waals surface area contributed by atoms with Crippen molar-refractivity contribution in [3.8, 4) is 0 Å². The zero-order valence-electron chi connectivity index (χ0n) is 17.2. The quantitative estimate of drug-likeness (QED) is 0.884. The highest BCUT2D eigenvalue weighted by molar-refractivity contribution is 5.59. The molecule has 4 nitrogen and oxygen atoms in total. The number of rotatable bonds is 4. The minimum atomic E-state index is 0.458. The number of hydrogen-bond acceptors (Lipinski definition) is 4. The van der Waals surface area contributed by atoms with Gasteiger partial charge in [0.2, 0.25) is 0 Å². The Hall–Kier alpha value is -1.91. The summed E-state index contributed by atoms with van der Waals surface area (Å²) in [6.45, 7) is 6.83. The van der Waals surface area contributed by atoms with Crippen LogP contribution in [-0.2, 0) is 19.4 Å². The van der Waals surface area contributed by atoms with Gasteiger partial charge >= 0.3 is 0 Å². The molecular weight excluding hydrogens is 344 g/mol. The highest BCUT2D eigenvalue weighted by atomic mass is 15.2. The van der Waals surface area contributed by atoms with E-state index in [2.05, 4.69) is 59.4 Å². The zero-order chi connectivity index (χ0) is 19.1. The van der Waals surface area contributed by atoms with Gasteiger partial charge in [-0.15, -0.1) is 0 Å². The number of aromatic nitrogens is 1. The standard InChI is InChI=1S/C24H32N4/c1-17-14-28(15-17)22-9-4-7-19-13-26-20(12-21(19)22)16-27(2)23-10-3-6-18-8-5-11-25-24(18)23/h4-5,7-9,11,17,20,23,26H,3,6,10,12-16H2,1-2H3/t20-,23+/m1/s1. The minimum Gasteiger partial charge on any atom is -0.371 e. The highest BCUT2D eigenvalue weighted by Crippen LogP contribution is 2.34. The van der Waals surface area contributed by atoms with Crippen molar-refractivity contribution in [2.45, 2.75) is 51.2 Å². The van der Waals surface area contributed by atoms with Crippen molar-refractivity contribution in [3.63, 3.8) is 0 Å². The van der Waals surface area contributed by atoms with E-state index < -0.39 is 0 Å². The van der Waals surface area contributed by atoms with E-state index in [1.54, 1.807) is 5.56 Å². The molecular formula is C24H32N4. The van der Waals surface area contributed by atoms with E-state index in [0.717, 1.165) is 25.4 Å². The third-order valence-electron chi connectivity index (χ3n) is 6.89. The lowest BCUT2D eigenvalue weighted by atomic mass is 9.89. The molecule has 5 rings (SSSR count). The second-order valence-corrected chi connectivity index (χ2v) is 9.10. The van der Waals surface area contributed by atoms with Crippen LogP contribution in [0, 0.1) is 5.92 Å².